The van der Waals surface area contributed by atoms with E-state index in [9.17, 15) is 4.79 Å². The van der Waals surface area contributed by atoms with Crippen LogP contribution in [0.2, 0.25) is 0 Å². The third-order valence-corrected chi connectivity index (χ3v) is 2.60. The van der Waals surface area contributed by atoms with Crippen molar-refractivity contribution < 1.29 is 9.21 Å². The summed E-state index contributed by atoms with van der Waals surface area (Å²) in [5.74, 6) is 1.07. The number of thioether (sulfide) groups is 1. The first-order valence-corrected chi connectivity index (χ1v) is 6.24. The number of hydrogen-bond donors (Lipinski definition) is 1. The van der Waals surface area contributed by atoms with E-state index in [1.165, 1.54) is 11.8 Å². The molecule has 1 heterocycles. The Balaban J connectivity index is 2.22. The van der Waals surface area contributed by atoms with Gasteiger partial charge in [-0.2, -0.15) is 11.8 Å². The minimum absolute atomic E-state index is 0.00735. The summed E-state index contributed by atoms with van der Waals surface area (Å²) >= 11 is 1.49. The molecule has 1 aromatic heterocycles. The molecule has 4 nitrogen and oxygen atoms in total. The van der Waals surface area contributed by atoms with Crippen LogP contribution >= 0.6 is 11.8 Å². The average molecular weight is 236 g/mol. The molecule has 0 atom stereocenters. The van der Waals surface area contributed by atoms with E-state index in [1.807, 2.05) is 24.5 Å². The number of oxazole rings is 1. The fourth-order valence-electron chi connectivity index (χ4n) is 1.45. The Morgan fingerprint density at radius 3 is 3.12 bits per heavy atom. The van der Waals surface area contributed by atoms with Crippen LogP contribution in [0, 0.1) is 6.92 Å². The van der Waals surface area contributed by atoms with Crippen molar-refractivity contribution in [3.05, 3.63) is 24.1 Å². The smallest absolute Gasteiger partial charge is 0.234 e. The summed E-state index contributed by atoms with van der Waals surface area (Å²) in [7, 11) is 0. The molecule has 84 valence electrons. The van der Waals surface area contributed by atoms with Crippen LogP contribution in [0.4, 0.5) is 5.69 Å². The highest BCUT2D eigenvalue weighted by Crippen LogP contribution is 2.19. The van der Waals surface area contributed by atoms with Crippen LogP contribution in [0.5, 0.6) is 0 Å². The molecule has 1 N–H and O–H groups in total. The van der Waals surface area contributed by atoms with Gasteiger partial charge in [-0.25, -0.2) is 4.98 Å². The number of nitrogens with zero attached hydrogens (tertiary/aromatic N) is 1. The van der Waals surface area contributed by atoms with Crippen molar-refractivity contribution in [3.8, 4) is 0 Å². The van der Waals surface area contributed by atoms with E-state index in [0.717, 1.165) is 16.8 Å². The molecule has 0 saturated carbocycles. The molecule has 0 aliphatic rings. The van der Waals surface area contributed by atoms with Crippen molar-refractivity contribution in [2.75, 3.05) is 17.3 Å². The minimum atomic E-state index is -0.00735. The molecule has 0 fully saturated rings. The molecular weight excluding hydrogens is 224 g/mol. The number of fused-ring (bicyclic) bond motifs is 1. The monoisotopic (exact) mass is 236 g/mol. The lowest BCUT2D eigenvalue weighted by Crippen LogP contribution is -2.13. The van der Waals surface area contributed by atoms with Gasteiger partial charge in [0.2, 0.25) is 5.91 Å². The van der Waals surface area contributed by atoms with Crippen molar-refractivity contribution in [1.82, 2.24) is 4.98 Å². The number of nitrogens with one attached hydrogen (secondary N) is 1. The fourth-order valence-corrected chi connectivity index (χ4v) is 1.78. The molecule has 1 aromatic carbocycles. The van der Waals surface area contributed by atoms with E-state index in [2.05, 4.69) is 10.3 Å². The first kappa shape index (κ1) is 11.0. The lowest BCUT2D eigenvalue weighted by Gasteiger charge is -2.02. The van der Waals surface area contributed by atoms with Gasteiger partial charge in [-0.3, -0.25) is 4.79 Å². The topological polar surface area (TPSA) is 55.1 Å². The van der Waals surface area contributed by atoms with Crippen molar-refractivity contribution in [2.24, 2.45) is 0 Å². The van der Waals surface area contributed by atoms with Crippen LogP contribution in [0.25, 0.3) is 11.1 Å². The molecule has 0 unspecified atom stereocenters. The van der Waals surface area contributed by atoms with Crippen molar-refractivity contribution in [1.29, 1.82) is 0 Å². The second kappa shape index (κ2) is 4.57. The number of carbonyl (C=O) groups excluding carboxylic acids is 1. The Morgan fingerprint density at radius 1 is 1.56 bits per heavy atom. The van der Waals surface area contributed by atoms with Gasteiger partial charge >= 0.3 is 0 Å². The summed E-state index contributed by atoms with van der Waals surface area (Å²) in [6.45, 7) is 1.80. The van der Waals surface area contributed by atoms with Crippen LogP contribution in [-0.2, 0) is 4.79 Å². The van der Waals surface area contributed by atoms with Gasteiger partial charge in [0.25, 0.3) is 0 Å². The Labute approximate surface area is 97.4 Å². The highest BCUT2D eigenvalue weighted by atomic mass is 32.2. The molecule has 0 saturated heterocycles. The van der Waals surface area contributed by atoms with Crippen molar-refractivity contribution in [2.45, 2.75) is 6.92 Å². The maximum Gasteiger partial charge on any atom is 0.234 e. The molecular formula is C11H12N2O2S. The van der Waals surface area contributed by atoms with Gasteiger partial charge in [0.05, 0.1) is 5.75 Å². The number of aromatic nitrogens is 1. The summed E-state index contributed by atoms with van der Waals surface area (Å²) in [6.07, 6.45) is 1.89. The molecule has 2 aromatic rings. The fraction of sp³-hybridized carbons (Fsp3) is 0.273. The number of rotatable bonds is 3. The predicted molar refractivity (Wildman–Crippen MR) is 65.8 cm³/mol. The van der Waals surface area contributed by atoms with Gasteiger partial charge in [-0.15, -0.1) is 0 Å². The van der Waals surface area contributed by atoms with Gasteiger partial charge in [-0.1, -0.05) is 0 Å². The van der Waals surface area contributed by atoms with Crippen molar-refractivity contribution >= 4 is 34.5 Å². The molecule has 0 bridgehead atoms. The first-order valence-electron chi connectivity index (χ1n) is 4.85. The SMILES string of the molecule is CSCC(=O)Nc1ccc2oc(C)nc2c1. The van der Waals surface area contributed by atoms with Gasteiger partial charge in [0, 0.05) is 12.6 Å². The number of benzene rings is 1. The van der Waals surface area contributed by atoms with Crippen LogP contribution in [-0.4, -0.2) is 22.9 Å². The van der Waals surface area contributed by atoms with Gasteiger partial charge in [0.1, 0.15) is 5.52 Å². The zero-order valence-electron chi connectivity index (χ0n) is 9.11. The van der Waals surface area contributed by atoms with Gasteiger partial charge in [0.15, 0.2) is 11.5 Å². The zero-order chi connectivity index (χ0) is 11.5. The van der Waals surface area contributed by atoms with Gasteiger partial charge in [-0.05, 0) is 24.5 Å². The Bertz CT molecular complexity index is 522. The van der Waals surface area contributed by atoms with Crippen LogP contribution < -0.4 is 5.32 Å². The molecule has 5 heteroatoms. The minimum Gasteiger partial charge on any atom is -0.441 e. The number of carbonyl (C=O) groups is 1. The van der Waals surface area contributed by atoms with Crippen LogP contribution in [0.3, 0.4) is 0 Å². The van der Waals surface area contributed by atoms with E-state index in [-0.39, 0.29) is 5.91 Å². The maximum absolute atomic E-state index is 11.4. The highest BCUT2D eigenvalue weighted by molar-refractivity contribution is 7.99. The standard InChI is InChI=1S/C11H12N2O2S/c1-7-12-9-5-8(3-4-10(9)15-7)13-11(14)6-16-2/h3-5H,6H2,1-2H3,(H,13,14). The van der Waals surface area contributed by atoms with E-state index in [4.69, 9.17) is 4.42 Å². The molecule has 1 amide bonds. The summed E-state index contributed by atoms with van der Waals surface area (Å²) in [5, 5.41) is 2.80. The molecule has 0 radical (unpaired) electrons. The summed E-state index contributed by atoms with van der Waals surface area (Å²) < 4.78 is 5.35. The van der Waals surface area contributed by atoms with E-state index < -0.39 is 0 Å². The zero-order valence-corrected chi connectivity index (χ0v) is 9.93. The average Bonchev–Trinajstić information content (AvgIpc) is 2.57. The Kier molecular flexibility index (Phi) is 3.14. The predicted octanol–water partition coefficient (Wildman–Crippen LogP) is 2.44. The molecule has 0 spiro atoms. The highest BCUT2D eigenvalue weighted by Gasteiger charge is 2.05. The summed E-state index contributed by atoms with van der Waals surface area (Å²) in [5.41, 5.74) is 2.25. The molecule has 2 rings (SSSR count). The van der Waals surface area contributed by atoms with Crippen LogP contribution in [0.1, 0.15) is 5.89 Å². The third kappa shape index (κ3) is 2.36. The van der Waals surface area contributed by atoms with Crippen LogP contribution in [0.15, 0.2) is 22.6 Å². The number of anilines is 1. The lowest BCUT2D eigenvalue weighted by molar-refractivity contribution is -0.113. The molecule has 0 aliphatic carbocycles. The molecule has 16 heavy (non-hydrogen) atoms. The number of amides is 1. The largest absolute Gasteiger partial charge is 0.441 e. The second-order valence-electron chi connectivity index (χ2n) is 3.40. The summed E-state index contributed by atoms with van der Waals surface area (Å²) in [6, 6.07) is 5.43. The lowest BCUT2D eigenvalue weighted by atomic mass is 10.3. The van der Waals surface area contributed by atoms with E-state index >= 15 is 0 Å². The maximum atomic E-state index is 11.4. The van der Waals surface area contributed by atoms with E-state index in [0.29, 0.717) is 11.6 Å². The normalized spacial score (nSPS) is 10.6. The summed E-state index contributed by atoms with van der Waals surface area (Å²) in [4.78, 5) is 15.6. The van der Waals surface area contributed by atoms with Gasteiger partial charge < -0.3 is 9.73 Å². The molecule has 0 aliphatic heterocycles. The first-order chi connectivity index (χ1) is 7.69. The van der Waals surface area contributed by atoms with E-state index in [1.54, 1.807) is 6.92 Å². The second-order valence-corrected chi connectivity index (χ2v) is 4.26. The van der Waals surface area contributed by atoms with Crippen molar-refractivity contribution in [3.63, 3.8) is 0 Å². The Hall–Kier alpha value is -1.49. The Morgan fingerprint density at radius 2 is 2.38 bits per heavy atom. The quantitative estimate of drug-likeness (QED) is 0.889. The third-order valence-electron chi connectivity index (χ3n) is 2.05. The number of aryl methyl sites for hydroxylation is 1. The number of hydrogen-bond acceptors (Lipinski definition) is 4.